The van der Waals surface area contributed by atoms with E-state index in [9.17, 15) is 4.79 Å². The maximum absolute atomic E-state index is 14.2. The van der Waals surface area contributed by atoms with Crippen molar-refractivity contribution in [1.29, 1.82) is 0 Å². The number of fused-ring (bicyclic) bond motifs is 4. The molecule has 38 heavy (non-hydrogen) atoms. The summed E-state index contributed by atoms with van der Waals surface area (Å²) in [5.74, 6) is 0.885. The summed E-state index contributed by atoms with van der Waals surface area (Å²) in [6.45, 7) is 6.54. The molecule has 3 aromatic carbocycles. The molecule has 0 radical (unpaired) electrons. The van der Waals surface area contributed by atoms with E-state index in [1.54, 1.807) is 11.3 Å². The molecule has 1 aromatic heterocycles. The van der Waals surface area contributed by atoms with Crippen LogP contribution in [0, 0.1) is 0 Å². The van der Waals surface area contributed by atoms with E-state index in [2.05, 4.69) is 72.7 Å². The summed E-state index contributed by atoms with van der Waals surface area (Å²) in [6, 6.07) is 29.0. The molecule has 2 heterocycles. The molecule has 4 aromatic rings. The second-order valence-corrected chi connectivity index (χ2v) is 11.1. The number of ether oxygens (including phenoxy) is 1. The van der Waals surface area contributed by atoms with Gasteiger partial charge in [-0.15, -0.1) is 11.3 Å². The quantitative estimate of drug-likeness (QED) is 0.222. The molecule has 1 aliphatic heterocycles. The third kappa shape index (κ3) is 3.90. The molecule has 0 spiro atoms. The Morgan fingerprint density at radius 1 is 0.816 bits per heavy atom. The lowest BCUT2D eigenvalue weighted by molar-refractivity contribution is 0.0978. The van der Waals surface area contributed by atoms with Gasteiger partial charge in [-0.3, -0.25) is 4.79 Å². The van der Waals surface area contributed by atoms with Gasteiger partial charge in [0.05, 0.1) is 5.57 Å². The van der Waals surface area contributed by atoms with Crippen LogP contribution in [0.4, 0.5) is 5.69 Å². The van der Waals surface area contributed by atoms with Crippen LogP contribution in [-0.4, -0.2) is 18.9 Å². The number of rotatable bonds is 9. The van der Waals surface area contributed by atoms with E-state index >= 15 is 0 Å². The van der Waals surface area contributed by atoms with E-state index in [0.717, 1.165) is 82.8 Å². The Balaban J connectivity index is 1.62. The van der Waals surface area contributed by atoms with Crippen LogP contribution in [0.1, 0.15) is 71.5 Å². The van der Waals surface area contributed by atoms with Crippen molar-refractivity contribution in [1.82, 2.24) is 0 Å². The van der Waals surface area contributed by atoms with Crippen LogP contribution in [0.25, 0.3) is 5.57 Å². The number of nitrogens with zero attached hydrogens (tertiary/aromatic N) is 1. The van der Waals surface area contributed by atoms with Gasteiger partial charge in [-0.1, -0.05) is 87.4 Å². The van der Waals surface area contributed by atoms with Gasteiger partial charge in [-0.25, -0.2) is 0 Å². The topological polar surface area (TPSA) is 29.5 Å². The fraction of sp³-hybridized carbons (Fsp3) is 0.265. The molecule has 192 valence electrons. The van der Waals surface area contributed by atoms with Crippen molar-refractivity contribution in [2.75, 3.05) is 18.0 Å². The number of ketones is 1. The van der Waals surface area contributed by atoms with Gasteiger partial charge in [-0.05, 0) is 36.4 Å². The first-order valence-electron chi connectivity index (χ1n) is 13.8. The number of thiophene rings is 1. The summed E-state index contributed by atoms with van der Waals surface area (Å²) in [5, 5.41) is 2.08. The minimum absolute atomic E-state index is 0.0510. The smallest absolute Gasteiger partial charge is 0.194 e. The van der Waals surface area contributed by atoms with Crippen LogP contribution < -0.4 is 9.64 Å². The monoisotopic (exact) mass is 519 g/mol. The number of anilines is 1. The van der Waals surface area contributed by atoms with Gasteiger partial charge in [0.2, 0.25) is 0 Å². The molecule has 0 unspecified atom stereocenters. The van der Waals surface area contributed by atoms with Crippen LogP contribution in [0.15, 0.2) is 95.9 Å². The van der Waals surface area contributed by atoms with Crippen molar-refractivity contribution < 1.29 is 9.53 Å². The molecule has 6 rings (SSSR count). The molecule has 0 amide bonds. The molecule has 1 atom stereocenters. The van der Waals surface area contributed by atoms with Crippen molar-refractivity contribution in [2.24, 2.45) is 0 Å². The third-order valence-electron chi connectivity index (χ3n) is 7.75. The van der Waals surface area contributed by atoms with Crippen molar-refractivity contribution in [3.05, 3.63) is 123 Å². The van der Waals surface area contributed by atoms with E-state index in [-0.39, 0.29) is 5.78 Å². The molecular formula is C34H33NO2S. The van der Waals surface area contributed by atoms with Crippen molar-refractivity contribution >= 4 is 28.4 Å². The highest BCUT2D eigenvalue weighted by atomic mass is 32.1. The predicted octanol–water partition coefficient (Wildman–Crippen LogP) is 8.49. The van der Waals surface area contributed by atoms with Gasteiger partial charge >= 0.3 is 0 Å². The summed E-state index contributed by atoms with van der Waals surface area (Å²) < 4.78 is 7.15. The number of carbonyl (C=O) groups is 1. The summed E-state index contributed by atoms with van der Waals surface area (Å²) in [4.78, 5) is 17.8. The number of hydrogen-bond donors (Lipinski definition) is 0. The average Bonchev–Trinajstić information content (AvgIpc) is 3.58. The molecule has 3 nitrogen and oxygen atoms in total. The van der Waals surface area contributed by atoms with Crippen molar-refractivity contribution in [3.63, 3.8) is 0 Å². The first-order chi connectivity index (χ1) is 18.7. The molecule has 0 bridgehead atoms. The predicted molar refractivity (Wildman–Crippen MR) is 157 cm³/mol. The lowest BCUT2D eigenvalue weighted by Crippen LogP contribution is -2.38. The van der Waals surface area contributed by atoms with E-state index in [1.165, 1.54) is 5.69 Å². The number of benzene rings is 3. The molecule has 2 aliphatic rings. The Hall–Kier alpha value is -3.63. The van der Waals surface area contributed by atoms with E-state index < -0.39 is 5.60 Å². The largest absolute Gasteiger partial charge is 0.472 e. The Bertz CT molecular complexity index is 1480. The SMILES string of the molecule is CCCCN(CCCC)c1ccc2c(c1)O[C@@]1(c3ccccc3)C(=C2c2cccs2)C(=O)c2ccccc21. The normalized spacial score (nSPS) is 17.6. The standard InChI is InChI=1S/C34H33NO2S/c1-3-5-20-35(21-6-4-2)25-18-19-27-29(23-25)37-34(24-13-8-7-9-14-24)28-16-11-10-15-26(28)33(36)32(34)31(27)30-17-12-22-38-30/h7-19,22-23H,3-6,20-21H2,1-2H3/t34-/m1/s1. The summed E-state index contributed by atoms with van der Waals surface area (Å²) >= 11 is 1.67. The Kier molecular flexibility index (Phi) is 6.67. The highest BCUT2D eigenvalue weighted by Crippen LogP contribution is 2.57. The number of unbranched alkanes of at least 4 members (excludes halogenated alkanes) is 2. The Morgan fingerprint density at radius 3 is 2.26 bits per heavy atom. The Morgan fingerprint density at radius 2 is 1.55 bits per heavy atom. The zero-order valence-electron chi connectivity index (χ0n) is 22.1. The van der Waals surface area contributed by atoms with Gasteiger partial charge in [0.1, 0.15) is 5.75 Å². The molecule has 0 fully saturated rings. The molecule has 1 aliphatic carbocycles. The van der Waals surface area contributed by atoms with Gasteiger partial charge in [0.15, 0.2) is 11.4 Å². The highest BCUT2D eigenvalue weighted by Gasteiger charge is 2.55. The minimum atomic E-state index is -0.989. The molecular weight excluding hydrogens is 486 g/mol. The third-order valence-corrected chi connectivity index (χ3v) is 8.64. The van der Waals surface area contributed by atoms with Crippen LogP contribution in [-0.2, 0) is 5.60 Å². The maximum atomic E-state index is 14.2. The van der Waals surface area contributed by atoms with Crippen LogP contribution in [0.3, 0.4) is 0 Å². The molecule has 0 saturated heterocycles. The minimum Gasteiger partial charge on any atom is -0.472 e. The second-order valence-electron chi connectivity index (χ2n) is 10.1. The molecule has 4 heteroatoms. The van der Waals surface area contributed by atoms with Crippen molar-refractivity contribution in [2.45, 2.75) is 45.1 Å². The second kappa shape index (κ2) is 10.3. The average molecular weight is 520 g/mol. The lowest BCUT2D eigenvalue weighted by Gasteiger charge is -2.39. The summed E-state index contributed by atoms with van der Waals surface area (Å²) in [7, 11) is 0. The molecule has 0 N–H and O–H groups in total. The van der Waals surface area contributed by atoms with E-state index in [4.69, 9.17) is 4.74 Å². The summed E-state index contributed by atoms with van der Waals surface area (Å²) in [5.41, 5.74) is 5.52. The first kappa shape index (κ1) is 24.7. The van der Waals surface area contributed by atoms with E-state index in [1.807, 2.05) is 36.4 Å². The number of carbonyl (C=O) groups excluding carboxylic acids is 1. The number of Topliss-reactive ketones (excluding diaryl/α,β-unsaturated/α-hetero) is 1. The Labute approximate surface area is 229 Å². The fourth-order valence-electron chi connectivity index (χ4n) is 5.89. The van der Waals surface area contributed by atoms with Crippen LogP contribution in [0.5, 0.6) is 5.75 Å². The van der Waals surface area contributed by atoms with Gasteiger partial charge < -0.3 is 9.64 Å². The van der Waals surface area contributed by atoms with Gasteiger partial charge in [0, 0.05) is 57.5 Å². The zero-order valence-corrected chi connectivity index (χ0v) is 22.9. The number of hydrogen-bond acceptors (Lipinski definition) is 4. The van der Waals surface area contributed by atoms with Gasteiger partial charge in [-0.2, -0.15) is 0 Å². The first-order valence-corrected chi connectivity index (χ1v) is 14.6. The van der Waals surface area contributed by atoms with Crippen molar-refractivity contribution in [3.8, 4) is 5.75 Å². The lowest BCUT2D eigenvalue weighted by atomic mass is 9.78. The molecule has 0 saturated carbocycles. The van der Waals surface area contributed by atoms with E-state index in [0.29, 0.717) is 0 Å². The fourth-order valence-corrected chi connectivity index (χ4v) is 6.68. The zero-order chi connectivity index (χ0) is 26.1. The highest BCUT2D eigenvalue weighted by molar-refractivity contribution is 7.11. The van der Waals surface area contributed by atoms with Crippen LogP contribution in [0.2, 0.25) is 0 Å². The maximum Gasteiger partial charge on any atom is 0.194 e. The van der Waals surface area contributed by atoms with Crippen LogP contribution >= 0.6 is 11.3 Å². The summed E-state index contributed by atoms with van der Waals surface area (Å²) in [6.07, 6.45) is 4.63. The van der Waals surface area contributed by atoms with Gasteiger partial charge in [0.25, 0.3) is 0 Å².